The molecule has 5 rings (SSSR count). The number of carbonyl (C=O) groups is 2. The van der Waals surface area contributed by atoms with Crippen molar-refractivity contribution in [2.75, 3.05) is 19.8 Å². The predicted octanol–water partition coefficient (Wildman–Crippen LogP) is 4.99. The van der Waals surface area contributed by atoms with Gasteiger partial charge in [-0.1, -0.05) is 19.9 Å². The quantitative estimate of drug-likeness (QED) is 0.451. The SMILES string of the molecule is CC(C)[C@]1(C(=O)N2Cc3cc(C(F)(F)F)ccc3C(n3cnnc3)C2)CC[C@@H](N(C(=O)C(F)(F)F)C2CCOCC2)C1. The first-order chi connectivity index (χ1) is 19.7. The third kappa shape index (κ3) is 5.61. The van der Waals surface area contributed by atoms with E-state index in [2.05, 4.69) is 10.2 Å². The lowest BCUT2D eigenvalue weighted by Crippen LogP contribution is -2.54. The molecule has 3 atom stereocenters. The van der Waals surface area contributed by atoms with Gasteiger partial charge >= 0.3 is 18.3 Å². The number of fused-ring (bicyclic) bond motifs is 1. The first-order valence-corrected chi connectivity index (χ1v) is 14.0. The lowest BCUT2D eigenvalue weighted by Gasteiger charge is -2.43. The van der Waals surface area contributed by atoms with E-state index in [0.29, 0.717) is 11.1 Å². The summed E-state index contributed by atoms with van der Waals surface area (Å²) in [7, 11) is 0. The van der Waals surface area contributed by atoms with Crippen molar-refractivity contribution in [3.05, 3.63) is 47.5 Å². The molecule has 1 saturated heterocycles. The molecule has 0 spiro atoms. The topological polar surface area (TPSA) is 80.6 Å². The minimum absolute atomic E-state index is 0.0337. The molecule has 8 nitrogen and oxygen atoms in total. The van der Waals surface area contributed by atoms with Crippen LogP contribution in [0.1, 0.15) is 68.7 Å². The Morgan fingerprint density at radius 1 is 1.02 bits per heavy atom. The van der Waals surface area contributed by atoms with Gasteiger partial charge in [0.15, 0.2) is 0 Å². The molecule has 1 saturated carbocycles. The van der Waals surface area contributed by atoms with Crippen LogP contribution < -0.4 is 0 Å². The van der Waals surface area contributed by atoms with Gasteiger partial charge < -0.3 is 19.1 Å². The molecular formula is C28H33F6N5O3. The summed E-state index contributed by atoms with van der Waals surface area (Å²) >= 11 is 0. The second-order valence-electron chi connectivity index (χ2n) is 11.8. The van der Waals surface area contributed by atoms with Gasteiger partial charge in [0.2, 0.25) is 5.91 Å². The summed E-state index contributed by atoms with van der Waals surface area (Å²) in [5, 5.41) is 7.64. The van der Waals surface area contributed by atoms with Crippen LogP contribution in [0.5, 0.6) is 0 Å². The van der Waals surface area contributed by atoms with Crippen LogP contribution in [0.3, 0.4) is 0 Å². The largest absolute Gasteiger partial charge is 0.471 e. The Kier molecular flexibility index (Phi) is 8.05. The first-order valence-electron chi connectivity index (χ1n) is 14.0. The number of alkyl halides is 6. The molecule has 2 aliphatic heterocycles. The van der Waals surface area contributed by atoms with Crippen LogP contribution in [-0.2, 0) is 27.0 Å². The third-order valence-electron chi connectivity index (χ3n) is 9.18. The molecule has 0 radical (unpaired) electrons. The van der Waals surface area contributed by atoms with Crippen LogP contribution in [-0.4, -0.2) is 74.4 Å². The van der Waals surface area contributed by atoms with E-state index >= 15 is 0 Å². The summed E-state index contributed by atoms with van der Waals surface area (Å²) in [6.07, 6.45) is -5.75. The van der Waals surface area contributed by atoms with Crippen LogP contribution in [0.25, 0.3) is 0 Å². The molecule has 0 N–H and O–H groups in total. The number of aromatic nitrogens is 3. The second kappa shape index (κ2) is 11.2. The Morgan fingerprint density at radius 2 is 1.69 bits per heavy atom. The van der Waals surface area contributed by atoms with Crippen molar-refractivity contribution in [3.63, 3.8) is 0 Å². The second-order valence-corrected chi connectivity index (χ2v) is 11.8. The molecule has 1 aromatic heterocycles. The highest BCUT2D eigenvalue weighted by molar-refractivity contribution is 5.85. The number of hydrogen-bond donors (Lipinski definition) is 0. The van der Waals surface area contributed by atoms with Crippen molar-refractivity contribution in [2.24, 2.45) is 11.3 Å². The van der Waals surface area contributed by atoms with Gasteiger partial charge in [0.25, 0.3) is 0 Å². The van der Waals surface area contributed by atoms with E-state index in [4.69, 9.17) is 4.74 Å². The molecule has 1 unspecified atom stereocenters. The van der Waals surface area contributed by atoms with Gasteiger partial charge in [0, 0.05) is 38.4 Å². The van der Waals surface area contributed by atoms with E-state index in [-0.39, 0.29) is 70.2 Å². The number of nitrogens with zero attached hydrogens (tertiary/aromatic N) is 5. The monoisotopic (exact) mass is 601 g/mol. The average Bonchev–Trinajstić information content (AvgIpc) is 3.63. The molecule has 2 fully saturated rings. The highest BCUT2D eigenvalue weighted by Gasteiger charge is 2.55. The number of benzene rings is 1. The molecule has 42 heavy (non-hydrogen) atoms. The highest BCUT2D eigenvalue weighted by Crippen LogP contribution is 2.50. The summed E-state index contributed by atoms with van der Waals surface area (Å²) in [6.45, 7) is 4.17. The fourth-order valence-electron chi connectivity index (χ4n) is 6.91. The number of ether oxygens (including phenoxy) is 1. The summed E-state index contributed by atoms with van der Waals surface area (Å²) < 4.78 is 89.0. The van der Waals surface area contributed by atoms with Crippen LogP contribution in [0, 0.1) is 11.3 Å². The zero-order chi connectivity index (χ0) is 30.4. The first kappa shape index (κ1) is 30.3. The molecule has 1 aliphatic carbocycles. The minimum Gasteiger partial charge on any atom is -0.381 e. The minimum atomic E-state index is -5.07. The Hall–Kier alpha value is -3.16. The van der Waals surface area contributed by atoms with Gasteiger partial charge in [-0.3, -0.25) is 9.59 Å². The molecule has 230 valence electrons. The summed E-state index contributed by atoms with van der Waals surface area (Å²) in [6, 6.07) is 1.44. The Labute approximate surface area is 239 Å². The Morgan fingerprint density at radius 3 is 2.29 bits per heavy atom. The normalized spacial score (nSPS) is 25.5. The van der Waals surface area contributed by atoms with Crippen LogP contribution >= 0.6 is 0 Å². The van der Waals surface area contributed by atoms with E-state index in [1.165, 1.54) is 23.6 Å². The van der Waals surface area contributed by atoms with Gasteiger partial charge in [-0.2, -0.15) is 26.3 Å². The summed E-state index contributed by atoms with van der Waals surface area (Å²) in [5.41, 5.74) is -1.00. The molecule has 2 amide bonds. The van der Waals surface area contributed by atoms with Gasteiger partial charge in [0.1, 0.15) is 12.7 Å². The average molecular weight is 602 g/mol. The molecule has 14 heteroatoms. The fourth-order valence-corrected chi connectivity index (χ4v) is 6.91. The predicted molar refractivity (Wildman–Crippen MR) is 137 cm³/mol. The molecule has 0 bridgehead atoms. The Bertz CT molecular complexity index is 1290. The van der Waals surface area contributed by atoms with Gasteiger partial charge in [0.05, 0.1) is 17.0 Å². The zero-order valence-corrected chi connectivity index (χ0v) is 23.3. The van der Waals surface area contributed by atoms with Crippen molar-refractivity contribution in [3.8, 4) is 0 Å². The van der Waals surface area contributed by atoms with Gasteiger partial charge in [-0.25, -0.2) is 0 Å². The third-order valence-corrected chi connectivity index (χ3v) is 9.18. The summed E-state index contributed by atoms with van der Waals surface area (Å²) in [5.74, 6) is -2.55. The molecule has 3 aliphatic rings. The number of carbonyl (C=O) groups excluding carboxylic acids is 2. The van der Waals surface area contributed by atoms with Gasteiger partial charge in [-0.15, -0.1) is 10.2 Å². The van der Waals surface area contributed by atoms with Crippen molar-refractivity contribution >= 4 is 11.8 Å². The van der Waals surface area contributed by atoms with E-state index in [9.17, 15) is 35.9 Å². The fraction of sp³-hybridized carbons (Fsp3) is 0.643. The summed E-state index contributed by atoms with van der Waals surface area (Å²) in [4.78, 5) is 29.5. The number of amides is 2. The molecule has 3 heterocycles. The van der Waals surface area contributed by atoms with E-state index in [1.54, 1.807) is 4.57 Å². The maximum Gasteiger partial charge on any atom is 0.471 e. The highest BCUT2D eigenvalue weighted by atomic mass is 19.4. The van der Waals surface area contributed by atoms with Gasteiger partial charge in [-0.05, 0) is 61.3 Å². The smallest absolute Gasteiger partial charge is 0.381 e. The molecule has 1 aromatic carbocycles. The zero-order valence-electron chi connectivity index (χ0n) is 23.3. The van der Waals surface area contributed by atoms with E-state index in [0.717, 1.165) is 17.0 Å². The lowest BCUT2D eigenvalue weighted by molar-refractivity contribution is -0.192. The molecular weight excluding hydrogens is 568 g/mol. The van der Waals surface area contributed by atoms with E-state index in [1.807, 2.05) is 13.8 Å². The van der Waals surface area contributed by atoms with E-state index < -0.39 is 47.4 Å². The van der Waals surface area contributed by atoms with Crippen LogP contribution in [0.2, 0.25) is 0 Å². The maximum absolute atomic E-state index is 14.4. The standard InChI is InChI=1S/C28H33F6N5O3/c1-17(2)26(8-5-21(12-26)39(25(41)28(32,33)34)20-6-9-42-10-7-20)24(40)37-13-18-11-19(27(29,30)31)3-4-22(18)23(14-37)38-15-35-36-16-38/h3-4,11,15-17,20-21,23H,5-10,12-14H2,1-2H3/t21-,23?,26+/m1/s1. The molecule has 2 aromatic rings. The van der Waals surface area contributed by atoms with Crippen molar-refractivity contribution in [1.82, 2.24) is 24.6 Å². The number of hydrogen-bond acceptors (Lipinski definition) is 5. The van der Waals surface area contributed by atoms with Crippen LogP contribution in [0.15, 0.2) is 30.9 Å². The van der Waals surface area contributed by atoms with Crippen molar-refractivity contribution in [2.45, 2.75) is 83.0 Å². The van der Waals surface area contributed by atoms with Crippen LogP contribution in [0.4, 0.5) is 26.3 Å². The van der Waals surface area contributed by atoms with Crippen molar-refractivity contribution in [1.29, 1.82) is 0 Å². The maximum atomic E-state index is 14.4. The number of rotatable bonds is 5. The van der Waals surface area contributed by atoms with Crippen molar-refractivity contribution < 1.29 is 40.7 Å². The Balaban J connectivity index is 1.47. The lowest BCUT2D eigenvalue weighted by atomic mass is 9.73. The number of halogens is 6.